The van der Waals surface area contributed by atoms with E-state index in [0.717, 1.165) is 10.6 Å². The lowest BCUT2D eigenvalue weighted by molar-refractivity contribution is 0.111. The first-order valence-corrected chi connectivity index (χ1v) is 8.71. The fraction of sp³-hybridized carbons (Fsp3) is 0.235. The van der Waals surface area contributed by atoms with Crippen molar-refractivity contribution in [3.63, 3.8) is 0 Å². The third kappa shape index (κ3) is 4.33. The molecule has 2 aromatic carbocycles. The highest BCUT2D eigenvalue weighted by atomic mass is 32.2. The zero-order valence-electron chi connectivity index (χ0n) is 13.5. The Bertz CT molecular complexity index is 785. The molecule has 7 heteroatoms. The number of carbonyl (C=O) groups is 1. The van der Waals surface area contributed by atoms with Crippen LogP contribution in [0.3, 0.4) is 0 Å². The molecule has 6 nitrogen and oxygen atoms in total. The number of benzene rings is 2. The van der Waals surface area contributed by atoms with Gasteiger partial charge in [0.1, 0.15) is 24.7 Å². The third-order valence-corrected chi connectivity index (χ3v) is 5.09. The van der Waals surface area contributed by atoms with Gasteiger partial charge in [-0.25, -0.2) is 12.7 Å². The van der Waals surface area contributed by atoms with E-state index in [1.54, 1.807) is 36.4 Å². The van der Waals surface area contributed by atoms with Gasteiger partial charge in [-0.3, -0.25) is 4.79 Å². The molecule has 0 atom stereocenters. The number of ether oxygens (including phenoxy) is 2. The fourth-order valence-electron chi connectivity index (χ4n) is 1.94. The largest absolute Gasteiger partial charge is 0.490 e. The predicted octanol–water partition coefficient (Wildman–Crippen LogP) is 2.21. The molecule has 0 saturated carbocycles. The summed E-state index contributed by atoms with van der Waals surface area (Å²) in [4.78, 5) is 11.1. The van der Waals surface area contributed by atoms with E-state index < -0.39 is 10.0 Å². The van der Waals surface area contributed by atoms with Crippen LogP contribution in [0, 0.1) is 0 Å². The van der Waals surface area contributed by atoms with Gasteiger partial charge in [0.15, 0.2) is 6.29 Å². The SMILES string of the molecule is CN(C)S(=O)(=O)c1ccc(OCCOc2ccccc2C=O)cc1. The van der Waals surface area contributed by atoms with Crippen molar-refractivity contribution in [2.24, 2.45) is 0 Å². The van der Waals surface area contributed by atoms with E-state index >= 15 is 0 Å². The van der Waals surface area contributed by atoms with E-state index in [0.29, 0.717) is 17.1 Å². The summed E-state index contributed by atoms with van der Waals surface area (Å²) in [6.45, 7) is 0.537. The monoisotopic (exact) mass is 349 g/mol. The number of nitrogens with zero attached hydrogens (tertiary/aromatic N) is 1. The Morgan fingerprint density at radius 2 is 1.58 bits per heavy atom. The van der Waals surface area contributed by atoms with Crippen molar-refractivity contribution in [1.82, 2.24) is 4.31 Å². The summed E-state index contributed by atoms with van der Waals surface area (Å²) in [6, 6.07) is 13.1. The van der Waals surface area contributed by atoms with Gasteiger partial charge in [0.25, 0.3) is 0 Å². The highest BCUT2D eigenvalue weighted by Crippen LogP contribution is 2.18. The molecule has 0 N–H and O–H groups in total. The molecule has 0 aromatic heterocycles. The second-order valence-electron chi connectivity index (χ2n) is 5.11. The zero-order valence-corrected chi connectivity index (χ0v) is 14.3. The smallest absolute Gasteiger partial charge is 0.242 e. The van der Waals surface area contributed by atoms with Crippen LogP contribution in [0.2, 0.25) is 0 Å². The molecule has 0 amide bonds. The Morgan fingerprint density at radius 3 is 2.21 bits per heavy atom. The lowest BCUT2D eigenvalue weighted by atomic mass is 10.2. The zero-order chi connectivity index (χ0) is 17.6. The number of aldehydes is 1. The fourth-order valence-corrected chi connectivity index (χ4v) is 2.84. The topological polar surface area (TPSA) is 72.9 Å². The highest BCUT2D eigenvalue weighted by molar-refractivity contribution is 7.89. The molecule has 128 valence electrons. The van der Waals surface area contributed by atoms with Crippen molar-refractivity contribution in [3.8, 4) is 11.5 Å². The Kier molecular flexibility index (Phi) is 5.94. The van der Waals surface area contributed by atoms with Crippen molar-refractivity contribution < 1.29 is 22.7 Å². The quantitative estimate of drug-likeness (QED) is 0.540. The summed E-state index contributed by atoms with van der Waals surface area (Å²) >= 11 is 0. The summed E-state index contributed by atoms with van der Waals surface area (Å²) in [6.07, 6.45) is 0.736. The highest BCUT2D eigenvalue weighted by Gasteiger charge is 2.16. The minimum absolute atomic E-state index is 0.205. The van der Waals surface area contributed by atoms with Crippen LogP contribution in [0.4, 0.5) is 0 Å². The molecule has 0 heterocycles. The summed E-state index contributed by atoms with van der Waals surface area (Å²) < 4.78 is 36.1. The number of para-hydroxylation sites is 1. The minimum Gasteiger partial charge on any atom is -0.490 e. The molecule has 0 fully saturated rings. The maximum atomic E-state index is 12.0. The van der Waals surface area contributed by atoms with Crippen molar-refractivity contribution in [2.45, 2.75) is 4.90 Å². The van der Waals surface area contributed by atoms with Gasteiger partial charge < -0.3 is 9.47 Å². The molecule has 0 aliphatic heterocycles. The van der Waals surface area contributed by atoms with E-state index in [2.05, 4.69) is 0 Å². The Hall–Kier alpha value is -2.38. The predicted molar refractivity (Wildman–Crippen MR) is 90.1 cm³/mol. The van der Waals surface area contributed by atoms with Gasteiger partial charge in [0.05, 0.1) is 10.5 Å². The number of hydrogen-bond donors (Lipinski definition) is 0. The summed E-state index contributed by atoms with van der Waals surface area (Å²) in [5.74, 6) is 1.04. The lowest BCUT2D eigenvalue weighted by Crippen LogP contribution is -2.22. The summed E-state index contributed by atoms with van der Waals surface area (Å²) in [5.41, 5.74) is 0.482. The number of carbonyl (C=O) groups excluding carboxylic acids is 1. The third-order valence-electron chi connectivity index (χ3n) is 3.26. The summed E-state index contributed by atoms with van der Waals surface area (Å²) in [5, 5.41) is 0. The molecule has 0 aliphatic carbocycles. The molecule has 0 radical (unpaired) electrons. The average Bonchev–Trinajstić information content (AvgIpc) is 2.59. The first-order valence-electron chi connectivity index (χ1n) is 7.27. The van der Waals surface area contributed by atoms with Gasteiger partial charge in [0.2, 0.25) is 10.0 Å². The van der Waals surface area contributed by atoms with Crippen LogP contribution in [0.15, 0.2) is 53.4 Å². The van der Waals surface area contributed by atoms with Gasteiger partial charge >= 0.3 is 0 Å². The second-order valence-corrected chi connectivity index (χ2v) is 7.26. The van der Waals surface area contributed by atoms with Gasteiger partial charge in [-0.2, -0.15) is 0 Å². The molecule has 0 spiro atoms. The van der Waals surface area contributed by atoms with Crippen LogP contribution in [0.25, 0.3) is 0 Å². The second kappa shape index (κ2) is 7.94. The molecular formula is C17H19NO5S. The van der Waals surface area contributed by atoms with Gasteiger partial charge in [-0.15, -0.1) is 0 Å². The van der Waals surface area contributed by atoms with Crippen LogP contribution in [-0.4, -0.2) is 46.3 Å². The van der Waals surface area contributed by atoms with Crippen molar-refractivity contribution in [2.75, 3.05) is 27.3 Å². The van der Waals surface area contributed by atoms with Gasteiger partial charge in [-0.1, -0.05) is 12.1 Å². The standard InChI is InChI=1S/C17H19NO5S/c1-18(2)24(20,21)16-9-7-15(8-10-16)22-11-12-23-17-6-4-3-5-14(17)13-19/h3-10,13H,11-12H2,1-2H3. The first kappa shape index (κ1) is 18.0. The average molecular weight is 349 g/mol. The molecule has 0 saturated heterocycles. The van der Waals surface area contributed by atoms with E-state index in [9.17, 15) is 13.2 Å². The minimum atomic E-state index is -3.44. The Labute approximate surface area is 141 Å². The Morgan fingerprint density at radius 1 is 0.958 bits per heavy atom. The molecular weight excluding hydrogens is 330 g/mol. The van der Waals surface area contributed by atoms with Crippen molar-refractivity contribution >= 4 is 16.3 Å². The van der Waals surface area contributed by atoms with Gasteiger partial charge in [0, 0.05) is 14.1 Å². The van der Waals surface area contributed by atoms with Crippen LogP contribution in [-0.2, 0) is 10.0 Å². The Balaban J connectivity index is 1.88. The first-order chi connectivity index (χ1) is 11.4. The van der Waals surface area contributed by atoms with E-state index in [1.165, 1.54) is 26.2 Å². The number of rotatable bonds is 8. The summed E-state index contributed by atoms with van der Waals surface area (Å²) in [7, 11) is -0.482. The maximum Gasteiger partial charge on any atom is 0.242 e. The maximum absolute atomic E-state index is 12.0. The molecule has 2 aromatic rings. The molecule has 0 unspecified atom stereocenters. The number of sulfonamides is 1. The van der Waals surface area contributed by atoms with E-state index in [1.807, 2.05) is 0 Å². The van der Waals surface area contributed by atoms with E-state index in [-0.39, 0.29) is 18.1 Å². The molecule has 0 aliphatic rings. The van der Waals surface area contributed by atoms with E-state index in [4.69, 9.17) is 9.47 Å². The molecule has 24 heavy (non-hydrogen) atoms. The van der Waals surface area contributed by atoms with Crippen LogP contribution >= 0.6 is 0 Å². The van der Waals surface area contributed by atoms with Crippen molar-refractivity contribution in [3.05, 3.63) is 54.1 Å². The van der Waals surface area contributed by atoms with Crippen molar-refractivity contribution in [1.29, 1.82) is 0 Å². The van der Waals surface area contributed by atoms with Crippen LogP contribution in [0.1, 0.15) is 10.4 Å². The van der Waals surface area contributed by atoms with Crippen LogP contribution in [0.5, 0.6) is 11.5 Å². The van der Waals surface area contributed by atoms with Crippen LogP contribution < -0.4 is 9.47 Å². The lowest BCUT2D eigenvalue weighted by Gasteiger charge is -2.12. The molecule has 0 bridgehead atoms. The normalized spacial score (nSPS) is 11.3. The molecule has 2 rings (SSSR count). The van der Waals surface area contributed by atoms with Gasteiger partial charge in [-0.05, 0) is 36.4 Å². The number of hydrogen-bond acceptors (Lipinski definition) is 5.